The predicted octanol–water partition coefficient (Wildman–Crippen LogP) is 11.2. The lowest BCUT2D eigenvalue weighted by Gasteiger charge is -2.44. The summed E-state index contributed by atoms with van der Waals surface area (Å²) in [4.78, 5) is 0. The Morgan fingerprint density at radius 1 is 0.567 bits per heavy atom. The van der Waals surface area contributed by atoms with Crippen LogP contribution < -0.4 is 0 Å². The van der Waals surface area contributed by atoms with E-state index in [0.717, 1.165) is 17.8 Å². The molecule has 0 spiro atoms. The van der Waals surface area contributed by atoms with Gasteiger partial charge < -0.3 is 0 Å². The molecule has 3 atom stereocenters. The molecule has 0 saturated heterocycles. The van der Waals surface area contributed by atoms with Gasteiger partial charge in [0.05, 0.1) is 0 Å². The van der Waals surface area contributed by atoms with Crippen LogP contribution in [0.1, 0.15) is 165 Å². The van der Waals surface area contributed by atoms with Crippen LogP contribution in [-0.2, 0) is 0 Å². The highest BCUT2D eigenvalue weighted by Crippen LogP contribution is 2.48. The summed E-state index contributed by atoms with van der Waals surface area (Å²) in [7, 11) is 0. The molecule has 3 unspecified atom stereocenters. The van der Waals surface area contributed by atoms with Crippen molar-refractivity contribution in [1.29, 1.82) is 0 Å². The molecule has 0 N–H and O–H groups in total. The smallest absolute Gasteiger partial charge is 0.0272 e. The van der Waals surface area contributed by atoms with Crippen molar-refractivity contribution in [2.24, 2.45) is 28.6 Å². The van der Waals surface area contributed by atoms with E-state index in [2.05, 4.69) is 62.3 Å². The van der Waals surface area contributed by atoms with Gasteiger partial charge >= 0.3 is 0 Å². The van der Waals surface area contributed by atoms with Crippen LogP contribution >= 0.6 is 0 Å². The van der Waals surface area contributed by atoms with Crippen molar-refractivity contribution in [2.75, 3.05) is 0 Å². The molecule has 0 aromatic carbocycles. The average molecular weight is 423 g/mol. The van der Waals surface area contributed by atoms with Crippen molar-refractivity contribution in [3.63, 3.8) is 0 Å². The van der Waals surface area contributed by atoms with Gasteiger partial charge in [0.1, 0.15) is 0 Å². The van der Waals surface area contributed by atoms with Gasteiger partial charge in [0.25, 0.3) is 0 Å². The summed E-state index contributed by atoms with van der Waals surface area (Å²) in [5.74, 6) is 2.83. The first-order chi connectivity index (χ1) is 14.3. The Kier molecular flexibility index (Phi) is 16.6. The van der Waals surface area contributed by atoms with E-state index in [4.69, 9.17) is 0 Å². The molecular weight excluding hydrogens is 360 g/mol. The maximum Gasteiger partial charge on any atom is -0.0272 e. The molecule has 0 fully saturated rings. The minimum absolute atomic E-state index is 0.517. The summed E-state index contributed by atoms with van der Waals surface area (Å²) in [6.45, 7) is 21.9. The zero-order chi connectivity index (χ0) is 23.0. The minimum atomic E-state index is 0.517. The Hall–Kier alpha value is 0. The minimum Gasteiger partial charge on any atom is -0.0654 e. The second-order valence-electron chi connectivity index (χ2n) is 11.4. The Morgan fingerprint density at radius 3 is 1.63 bits per heavy atom. The monoisotopic (exact) mass is 422 g/mol. The zero-order valence-electron chi connectivity index (χ0n) is 23.0. The fourth-order valence-electron chi connectivity index (χ4n) is 5.91. The summed E-state index contributed by atoms with van der Waals surface area (Å²) in [5.41, 5.74) is 1.11. The van der Waals surface area contributed by atoms with Gasteiger partial charge in [-0.15, -0.1) is 0 Å². The van der Waals surface area contributed by atoms with Gasteiger partial charge in [-0.2, -0.15) is 0 Å². The third-order valence-electron chi connectivity index (χ3n) is 9.05. The molecule has 0 saturated carbocycles. The molecule has 0 rings (SSSR count). The molecule has 30 heavy (non-hydrogen) atoms. The van der Waals surface area contributed by atoms with Crippen LogP contribution in [0, 0.1) is 28.6 Å². The lowest BCUT2D eigenvalue weighted by molar-refractivity contribution is 0.0708. The fraction of sp³-hybridized carbons (Fsp3) is 1.00. The summed E-state index contributed by atoms with van der Waals surface area (Å²) in [6.07, 6.45) is 22.7. The van der Waals surface area contributed by atoms with Crippen molar-refractivity contribution in [3.8, 4) is 0 Å². The summed E-state index contributed by atoms with van der Waals surface area (Å²) in [5, 5.41) is 0. The first kappa shape index (κ1) is 30.0. The average Bonchev–Trinajstić information content (AvgIpc) is 2.75. The summed E-state index contributed by atoms with van der Waals surface area (Å²) >= 11 is 0. The van der Waals surface area contributed by atoms with E-state index < -0.39 is 0 Å². The van der Waals surface area contributed by atoms with Crippen LogP contribution in [0.15, 0.2) is 0 Å². The van der Waals surface area contributed by atoms with E-state index in [1.54, 1.807) is 0 Å². The fourth-order valence-corrected chi connectivity index (χ4v) is 5.91. The van der Waals surface area contributed by atoms with Gasteiger partial charge in [-0.1, -0.05) is 133 Å². The van der Waals surface area contributed by atoms with Crippen LogP contribution in [-0.4, -0.2) is 0 Å². The van der Waals surface area contributed by atoms with Crippen LogP contribution in [0.25, 0.3) is 0 Å². The quantitative estimate of drug-likeness (QED) is 0.183. The Labute approximate surface area is 193 Å². The molecular formula is C30H62. The molecule has 0 amide bonds. The van der Waals surface area contributed by atoms with E-state index in [9.17, 15) is 0 Å². The van der Waals surface area contributed by atoms with Crippen molar-refractivity contribution >= 4 is 0 Å². The van der Waals surface area contributed by atoms with Crippen molar-refractivity contribution in [2.45, 2.75) is 165 Å². The number of unbranched alkanes of at least 4 members (excludes halogenated alkanes) is 1. The highest BCUT2D eigenvalue weighted by Gasteiger charge is 2.37. The maximum atomic E-state index is 2.53. The first-order valence-electron chi connectivity index (χ1n) is 14.3. The number of hydrogen-bond acceptors (Lipinski definition) is 0. The van der Waals surface area contributed by atoms with Gasteiger partial charge in [-0.25, -0.2) is 0 Å². The molecule has 0 heterocycles. The molecule has 0 aliphatic rings. The van der Waals surface area contributed by atoms with Crippen molar-refractivity contribution < 1.29 is 0 Å². The van der Waals surface area contributed by atoms with E-state index in [0.29, 0.717) is 10.8 Å². The molecule has 0 aromatic rings. The number of rotatable bonds is 20. The van der Waals surface area contributed by atoms with Gasteiger partial charge in [0.15, 0.2) is 0 Å². The molecule has 182 valence electrons. The van der Waals surface area contributed by atoms with Gasteiger partial charge in [-0.3, -0.25) is 0 Å². The SMILES string of the molecule is CCCCC(CC)(CCCC(C)(C)CC)C(CCC(CC)CC)CC(CC)CCC. The lowest BCUT2D eigenvalue weighted by Crippen LogP contribution is -2.33. The molecule has 0 aliphatic carbocycles. The largest absolute Gasteiger partial charge is 0.0654 e. The second kappa shape index (κ2) is 16.6. The van der Waals surface area contributed by atoms with E-state index in [1.165, 1.54) is 103 Å². The summed E-state index contributed by atoms with van der Waals surface area (Å²) in [6, 6.07) is 0. The predicted molar refractivity (Wildman–Crippen MR) is 140 cm³/mol. The maximum absolute atomic E-state index is 2.53. The molecule has 0 aromatic heterocycles. The summed E-state index contributed by atoms with van der Waals surface area (Å²) < 4.78 is 0. The van der Waals surface area contributed by atoms with Crippen molar-refractivity contribution in [3.05, 3.63) is 0 Å². The lowest BCUT2D eigenvalue weighted by atomic mass is 9.62. The highest BCUT2D eigenvalue weighted by molar-refractivity contribution is 4.88. The zero-order valence-corrected chi connectivity index (χ0v) is 23.0. The van der Waals surface area contributed by atoms with Gasteiger partial charge in [0, 0.05) is 0 Å². The number of hydrogen-bond donors (Lipinski definition) is 0. The molecule has 0 bridgehead atoms. The highest BCUT2D eigenvalue weighted by atomic mass is 14.4. The van der Waals surface area contributed by atoms with E-state index in [1.807, 2.05) is 0 Å². The normalized spacial score (nSPS) is 16.6. The van der Waals surface area contributed by atoms with Gasteiger partial charge in [-0.05, 0) is 60.7 Å². The third kappa shape index (κ3) is 11.0. The van der Waals surface area contributed by atoms with E-state index >= 15 is 0 Å². The van der Waals surface area contributed by atoms with Crippen molar-refractivity contribution in [1.82, 2.24) is 0 Å². The molecule has 0 nitrogen and oxygen atoms in total. The third-order valence-corrected chi connectivity index (χ3v) is 9.05. The second-order valence-corrected chi connectivity index (χ2v) is 11.4. The van der Waals surface area contributed by atoms with E-state index in [-0.39, 0.29) is 0 Å². The molecule has 0 radical (unpaired) electrons. The van der Waals surface area contributed by atoms with Gasteiger partial charge in [0.2, 0.25) is 0 Å². The van der Waals surface area contributed by atoms with Crippen LogP contribution in [0.3, 0.4) is 0 Å². The van der Waals surface area contributed by atoms with Crippen LogP contribution in [0.4, 0.5) is 0 Å². The molecule has 0 aliphatic heterocycles. The standard InChI is InChI=1S/C30H62/c1-10-17-23-30(16-7,24-18-22-29(8,9)15-6)28(21-20-26(12-3)13-4)25-27(14-5)19-11-2/h26-28H,10-25H2,1-9H3. The first-order valence-corrected chi connectivity index (χ1v) is 14.3. The topological polar surface area (TPSA) is 0 Å². The molecule has 0 heteroatoms. The Morgan fingerprint density at radius 2 is 1.17 bits per heavy atom. The van der Waals surface area contributed by atoms with Crippen LogP contribution in [0.2, 0.25) is 0 Å². The Balaban J connectivity index is 5.63. The Bertz CT molecular complexity index is 377. The van der Waals surface area contributed by atoms with Crippen LogP contribution in [0.5, 0.6) is 0 Å².